The number of nitrogens with zero attached hydrogens (tertiary/aromatic N) is 2. The van der Waals surface area contributed by atoms with Gasteiger partial charge in [0.25, 0.3) is 5.91 Å². The third-order valence-corrected chi connectivity index (χ3v) is 5.67. The summed E-state index contributed by atoms with van der Waals surface area (Å²) < 4.78 is 15.4. The van der Waals surface area contributed by atoms with Crippen LogP contribution >= 0.6 is 11.6 Å². The van der Waals surface area contributed by atoms with Crippen molar-refractivity contribution in [2.24, 2.45) is 7.05 Å². The first-order chi connectivity index (χ1) is 14.0. The van der Waals surface area contributed by atoms with E-state index in [1.165, 1.54) is 6.07 Å². The number of nitrogens with one attached hydrogen (secondary N) is 2. The highest BCUT2D eigenvalue weighted by Crippen LogP contribution is 2.28. The van der Waals surface area contributed by atoms with Gasteiger partial charge in [-0.15, -0.1) is 0 Å². The fourth-order valence-corrected chi connectivity index (χ4v) is 4.19. The van der Waals surface area contributed by atoms with Gasteiger partial charge in [-0.1, -0.05) is 35.9 Å². The fourth-order valence-electron chi connectivity index (χ4n) is 3.91. The molecule has 0 bridgehead atoms. The van der Waals surface area contributed by atoms with E-state index in [0.717, 1.165) is 29.8 Å². The molecule has 1 amide bonds. The summed E-state index contributed by atoms with van der Waals surface area (Å²) in [6, 6.07) is 13.8. The Kier molecular flexibility index (Phi) is 5.65. The average Bonchev–Trinajstić information content (AvgIpc) is 3.06. The number of carbonyl (C=O) groups is 1. The summed E-state index contributed by atoms with van der Waals surface area (Å²) in [5.74, 6) is -0.332. The molecule has 4 rings (SSSR count). The number of hydrogen-bond acceptors (Lipinski definition) is 3. The number of aromatic nitrogens is 2. The molecule has 29 heavy (non-hydrogen) atoms. The zero-order chi connectivity index (χ0) is 20.4. The SMILES string of the molecule is Cn1ncc(Cl)c1-c1ccc(C(=O)N[C@@H]2CNCC[C@H]2c2cccc(F)c2)cc1. The van der Waals surface area contributed by atoms with Crippen molar-refractivity contribution in [1.82, 2.24) is 20.4 Å². The third-order valence-electron chi connectivity index (χ3n) is 5.39. The van der Waals surface area contributed by atoms with Crippen LogP contribution in [-0.4, -0.2) is 34.8 Å². The lowest BCUT2D eigenvalue weighted by Crippen LogP contribution is -2.50. The summed E-state index contributed by atoms with van der Waals surface area (Å²) in [7, 11) is 1.82. The molecule has 0 aliphatic carbocycles. The number of amides is 1. The van der Waals surface area contributed by atoms with E-state index in [-0.39, 0.29) is 23.7 Å². The summed E-state index contributed by atoms with van der Waals surface area (Å²) >= 11 is 6.20. The number of halogens is 2. The van der Waals surface area contributed by atoms with E-state index in [9.17, 15) is 9.18 Å². The molecule has 0 spiro atoms. The van der Waals surface area contributed by atoms with Gasteiger partial charge in [-0.2, -0.15) is 5.10 Å². The molecule has 2 heterocycles. The van der Waals surface area contributed by atoms with Gasteiger partial charge in [-0.05, 0) is 42.8 Å². The third kappa shape index (κ3) is 4.18. The van der Waals surface area contributed by atoms with Gasteiger partial charge < -0.3 is 10.6 Å². The predicted octanol–water partition coefficient (Wildman–Crippen LogP) is 3.76. The second-order valence-corrected chi connectivity index (χ2v) is 7.68. The maximum atomic E-state index is 13.7. The molecule has 5 nitrogen and oxygen atoms in total. The van der Waals surface area contributed by atoms with Crippen LogP contribution in [0.25, 0.3) is 11.3 Å². The van der Waals surface area contributed by atoms with Gasteiger partial charge in [-0.25, -0.2) is 4.39 Å². The Bertz CT molecular complexity index is 998. The van der Waals surface area contributed by atoms with E-state index < -0.39 is 0 Å². The number of hydrogen-bond donors (Lipinski definition) is 2. The summed E-state index contributed by atoms with van der Waals surface area (Å²) in [6.45, 7) is 1.49. The highest BCUT2D eigenvalue weighted by atomic mass is 35.5. The topological polar surface area (TPSA) is 59.0 Å². The molecule has 2 atom stereocenters. The van der Waals surface area contributed by atoms with Crippen molar-refractivity contribution in [2.45, 2.75) is 18.4 Å². The zero-order valence-corrected chi connectivity index (χ0v) is 16.8. The molecular formula is C22H22ClFN4O. The molecule has 1 aliphatic heterocycles. The van der Waals surface area contributed by atoms with Crippen molar-refractivity contribution in [1.29, 1.82) is 0 Å². The summed E-state index contributed by atoms with van der Waals surface area (Å²) in [5, 5.41) is 11.1. The van der Waals surface area contributed by atoms with Crippen molar-refractivity contribution >= 4 is 17.5 Å². The van der Waals surface area contributed by atoms with Crippen LogP contribution in [0, 0.1) is 5.82 Å². The number of benzene rings is 2. The van der Waals surface area contributed by atoms with Crippen LogP contribution in [0.15, 0.2) is 54.7 Å². The number of aryl methyl sites for hydroxylation is 1. The normalized spacial score (nSPS) is 19.1. The van der Waals surface area contributed by atoms with Crippen LogP contribution < -0.4 is 10.6 Å². The molecule has 2 aromatic carbocycles. The van der Waals surface area contributed by atoms with E-state index in [4.69, 9.17) is 11.6 Å². The molecule has 0 unspecified atom stereocenters. The molecule has 150 valence electrons. The zero-order valence-electron chi connectivity index (χ0n) is 16.0. The summed E-state index contributed by atoms with van der Waals surface area (Å²) in [6.07, 6.45) is 2.44. The van der Waals surface area contributed by atoms with Gasteiger partial charge in [0.1, 0.15) is 5.82 Å². The Morgan fingerprint density at radius 3 is 2.76 bits per heavy atom. The molecule has 1 saturated heterocycles. The van der Waals surface area contributed by atoms with Crippen LogP contribution in [0.4, 0.5) is 4.39 Å². The van der Waals surface area contributed by atoms with Gasteiger partial charge in [0.2, 0.25) is 0 Å². The second-order valence-electron chi connectivity index (χ2n) is 7.28. The fraction of sp³-hybridized carbons (Fsp3) is 0.273. The minimum Gasteiger partial charge on any atom is -0.347 e. The smallest absolute Gasteiger partial charge is 0.251 e. The molecule has 1 fully saturated rings. The average molecular weight is 413 g/mol. The number of carbonyl (C=O) groups excluding carboxylic acids is 1. The van der Waals surface area contributed by atoms with E-state index in [1.807, 2.05) is 25.2 Å². The second kappa shape index (κ2) is 8.35. The maximum absolute atomic E-state index is 13.7. The van der Waals surface area contributed by atoms with Crippen LogP contribution in [0.5, 0.6) is 0 Å². The molecule has 7 heteroatoms. The first-order valence-corrected chi connectivity index (χ1v) is 9.95. The van der Waals surface area contributed by atoms with Crippen molar-refractivity contribution in [2.75, 3.05) is 13.1 Å². The van der Waals surface area contributed by atoms with Crippen LogP contribution in [0.1, 0.15) is 28.3 Å². The highest BCUT2D eigenvalue weighted by Gasteiger charge is 2.28. The van der Waals surface area contributed by atoms with Gasteiger partial charge in [0.05, 0.1) is 16.9 Å². The quantitative estimate of drug-likeness (QED) is 0.686. The molecule has 2 N–H and O–H groups in total. The van der Waals surface area contributed by atoms with E-state index >= 15 is 0 Å². The van der Waals surface area contributed by atoms with Gasteiger partial charge in [0, 0.05) is 36.7 Å². The molecule has 0 saturated carbocycles. The lowest BCUT2D eigenvalue weighted by Gasteiger charge is -2.33. The minimum absolute atomic E-state index is 0.0726. The van der Waals surface area contributed by atoms with Crippen molar-refractivity contribution < 1.29 is 9.18 Å². The van der Waals surface area contributed by atoms with Crippen molar-refractivity contribution in [3.05, 3.63) is 76.7 Å². The standard InChI is InChI=1S/C22H22ClFN4O/c1-28-21(19(23)12-26-28)14-5-7-15(8-6-14)22(29)27-20-13-25-10-9-18(20)16-3-2-4-17(24)11-16/h2-8,11-12,18,20,25H,9-10,13H2,1H3,(H,27,29)/t18-,20+/m0/s1. The van der Waals surface area contributed by atoms with Crippen LogP contribution in [0.2, 0.25) is 5.02 Å². The Hall–Kier alpha value is -2.70. The van der Waals surface area contributed by atoms with Crippen LogP contribution in [-0.2, 0) is 7.05 Å². The van der Waals surface area contributed by atoms with Crippen molar-refractivity contribution in [3.8, 4) is 11.3 Å². The Labute approximate surface area is 173 Å². The van der Waals surface area contributed by atoms with Crippen molar-refractivity contribution in [3.63, 3.8) is 0 Å². The Morgan fingerprint density at radius 1 is 1.28 bits per heavy atom. The largest absolute Gasteiger partial charge is 0.347 e. The Morgan fingerprint density at radius 2 is 2.07 bits per heavy atom. The maximum Gasteiger partial charge on any atom is 0.251 e. The predicted molar refractivity (Wildman–Crippen MR) is 112 cm³/mol. The van der Waals surface area contributed by atoms with E-state index in [2.05, 4.69) is 15.7 Å². The minimum atomic E-state index is -0.254. The molecule has 1 aromatic heterocycles. The molecule has 1 aliphatic rings. The molecule has 0 radical (unpaired) electrons. The highest BCUT2D eigenvalue weighted by molar-refractivity contribution is 6.33. The molecule has 3 aromatic rings. The lowest BCUT2D eigenvalue weighted by molar-refractivity contribution is 0.0924. The van der Waals surface area contributed by atoms with E-state index in [1.54, 1.807) is 35.1 Å². The number of piperidine rings is 1. The van der Waals surface area contributed by atoms with Gasteiger partial charge >= 0.3 is 0 Å². The van der Waals surface area contributed by atoms with Gasteiger partial charge in [0.15, 0.2) is 0 Å². The monoisotopic (exact) mass is 412 g/mol. The summed E-state index contributed by atoms with van der Waals surface area (Å²) in [5.41, 5.74) is 3.18. The lowest BCUT2D eigenvalue weighted by atomic mass is 9.86. The number of rotatable bonds is 4. The van der Waals surface area contributed by atoms with Gasteiger partial charge in [-0.3, -0.25) is 9.48 Å². The first kappa shape index (κ1) is 19.6. The molecular weight excluding hydrogens is 391 g/mol. The van der Waals surface area contributed by atoms with Crippen LogP contribution in [0.3, 0.4) is 0 Å². The first-order valence-electron chi connectivity index (χ1n) is 9.58. The Balaban J connectivity index is 1.50. The van der Waals surface area contributed by atoms with E-state index in [0.29, 0.717) is 17.1 Å². The summed E-state index contributed by atoms with van der Waals surface area (Å²) in [4.78, 5) is 12.8.